The van der Waals surface area contributed by atoms with Crippen molar-refractivity contribution in [3.63, 3.8) is 0 Å². The Labute approximate surface area is 146 Å². The molecule has 0 aromatic rings. The van der Waals surface area contributed by atoms with Crippen molar-refractivity contribution in [2.75, 3.05) is 6.61 Å². The fourth-order valence-corrected chi connectivity index (χ4v) is 6.98. The van der Waals surface area contributed by atoms with Crippen LogP contribution in [0.2, 0.25) is 0 Å². The summed E-state index contributed by atoms with van der Waals surface area (Å²) in [4.78, 5) is 13.4. The minimum atomic E-state index is -0.580. The molecule has 0 aromatic carbocycles. The molecule has 2 aliphatic carbocycles. The van der Waals surface area contributed by atoms with Crippen LogP contribution in [0.1, 0.15) is 73.6 Å². The first-order chi connectivity index (χ1) is 10.9. The number of nitrogens with one attached hydrogen (secondary N) is 2. The second-order valence-electron chi connectivity index (χ2n) is 10.8. The summed E-state index contributed by atoms with van der Waals surface area (Å²) in [7, 11) is 0. The third-order valence-corrected chi connectivity index (χ3v) is 8.09. The van der Waals surface area contributed by atoms with Crippen molar-refractivity contribution in [3.8, 4) is 0 Å². The predicted octanol–water partition coefficient (Wildman–Crippen LogP) is 3.01. The van der Waals surface area contributed by atoms with Gasteiger partial charge < -0.3 is 15.4 Å². The molecule has 2 saturated carbocycles. The Bertz CT molecular complexity index is 570. The van der Waals surface area contributed by atoms with Gasteiger partial charge in [-0.15, -0.1) is 0 Å². The standard InChI is InChI=1S/C20H34N2O2/c1-16(2)10-14(11-17(3,4)22-16)21-15(23)20-9-13-7-8-19(20,6)18(13,5)12-24-20/h13-14,22H,7-12H2,1-6H3,(H,21,23)/t13-,18+,19+,20+/m1/s1. The average Bonchev–Trinajstić information content (AvgIpc) is 2.87. The monoisotopic (exact) mass is 334 g/mol. The molecule has 2 saturated heterocycles. The van der Waals surface area contributed by atoms with Crippen LogP contribution >= 0.6 is 0 Å². The smallest absolute Gasteiger partial charge is 0.253 e. The van der Waals surface area contributed by atoms with Crippen molar-refractivity contribution < 1.29 is 9.53 Å². The number of hydrogen-bond acceptors (Lipinski definition) is 3. The van der Waals surface area contributed by atoms with Crippen LogP contribution in [-0.2, 0) is 9.53 Å². The van der Waals surface area contributed by atoms with Crippen molar-refractivity contribution in [2.24, 2.45) is 16.7 Å². The summed E-state index contributed by atoms with van der Waals surface area (Å²) in [5.74, 6) is 0.817. The van der Waals surface area contributed by atoms with Crippen LogP contribution in [0.3, 0.4) is 0 Å². The van der Waals surface area contributed by atoms with Gasteiger partial charge in [0, 0.05) is 27.9 Å². The Balaban J connectivity index is 1.56. The molecule has 136 valence electrons. The van der Waals surface area contributed by atoms with E-state index in [1.54, 1.807) is 0 Å². The molecule has 2 heterocycles. The van der Waals surface area contributed by atoms with E-state index in [1.165, 1.54) is 6.42 Å². The normalized spacial score (nSPS) is 48.7. The van der Waals surface area contributed by atoms with Crippen LogP contribution in [0.15, 0.2) is 0 Å². The summed E-state index contributed by atoms with van der Waals surface area (Å²) >= 11 is 0. The lowest BCUT2D eigenvalue weighted by molar-refractivity contribution is -0.157. The molecule has 0 aromatic heterocycles. The molecule has 4 atom stereocenters. The van der Waals surface area contributed by atoms with Gasteiger partial charge in [-0.1, -0.05) is 13.8 Å². The molecule has 0 unspecified atom stereocenters. The van der Waals surface area contributed by atoms with E-state index >= 15 is 0 Å². The number of carbonyl (C=O) groups excluding carboxylic acids is 1. The Hall–Kier alpha value is -0.610. The molecule has 1 amide bonds. The number of ether oxygens (including phenoxy) is 1. The molecule has 24 heavy (non-hydrogen) atoms. The molecule has 4 aliphatic rings. The van der Waals surface area contributed by atoms with E-state index in [-0.39, 0.29) is 33.9 Å². The van der Waals surface area contributed by atoms with Gasteiger partial charge in [-0.05, 0) is 65.7 Å². The highest BCUT2D eigenvalue weighted by Gasteiger charge is 2.78. The minimum absolute atomic E-state index is 0.00665. The van der Waals surface area contributed by atoms with E-state index in [1.807, 2.05) is 0 Å². The van der Waals surface area contributed by atoms with Gasteiger partial charge in [0.05, 0.1) is 6.61 Å². The van der Waals surface area contributed by atoms with Crippen LogP contribution in [0.4, 0.5) is 0 Å². The highest BCUT2D eigenvalue weighted by Crippen LogP contribution is 2.75. The first-order valence-electron chi connectivity index (χ1n) is 9.68. The Morgan fingerprint density at radius 2 is 1.67 bits per heavy atom. The van der Waals surface area contributed by atoms with Crippen molar-refractivity contribution in [2.45, 2.75) is 96.4 Å². The molecule has 4 nitrogen and oxygen atoms in total. The van der Waals surface area contributed by atoms with Gasteiger partial charge >= 0.3 is 0 Å². The lowest BCUT2D eigenvalue weighted by Gasteiger charge is -2.48. The summed E-state index contributed by atoms with van der Waals surface area (Å²) < 4.78 is 6.26. The van der Waals surface area contributed by atoms with Crippen LogP contribution in [0.5, 0.6) is 0 Å². The van der Waals surface area contributed by atoms with Gasteiger partial charge in [0.25, 0.3) is 5.91 Å². The number of hydrogen-bond donors (Lipinski definition) is 2. The van der Waals surface area contributed by atoms with Crippen molar-refractivity contribution in [3.05, 3.63) is 0 Å². The van der Waals surface area contributed by atoms with E-state index in [0.29, 0.717) is 5.92 Å². The topological polar surface area (TPSA) is 50.4 Å². The summed E-state index contributed by atoms with van der Waals surface area (Å²) in [6.07, 6.45) is 5.25. The van der Waals surface area contributed by atoms with Gasteiger partial charge in [0.15, 0.2) is 5.60 Å². The zero-order chi connectivity index (χ0) is 17.6. The van der Waals surface area contributed by atoms with E-state index in [9.17, 15) is 4.79 Å². The second-order valence-corrected chi connectivity index (χ2v) is 10.8. The molecule has 4 heteroatoms. The van der Waals surface area contributed by atoms with Crippen LogP contribution in [0, 0.1) is 16.7 Å². The largest absolute Gasteiger partial charge is 0.364 e. The van der Waals surface area contributed by atoms with E-state index < -0.39 is 5.60 Å². The first-order valence-corrected chi connectivity index (χ1v) is 9.68. The predicted molar refractivity (Wildman–Crippen MR) is 94.7 cm³/mol. The summed E-state index contributed by atoms with van der Waals surface area (Å²) in [6.45, 7) is 14.3. The molecule has 4 rings (SSSR count). The highest BCUT2D eigenvalue weighted by atomic mass is 16.5. The number of rotatable bonds is 2. The first kappa shape index (κ1) is 16.8. The lowest BCUT2D eigenvalue weighted by Crippen LogP contribution is -2.64. The fraction of sp³-hybridized carbons (Fsp3) is 0.950. The third kappa shape index (κ3) is 1.96. The second kappa shape index (κ2) is 4.56. The Morgan fingerprint density at radius 1 is 1.04 bits per heavy atom. The number of amides is 1. The van der Waals surface area contributed by atoms with Gasteiger partial charge in [0.1, 0.15) is 0 Å². The number of carbonyl (C=O) groups is 1. The molecular formula is C20H34N2O2. The maximum Gasteiger partial charge on any atom is 0.253 e. The summed E-state index contributed by atoms with van der Waals surface area (Å²) in [6, 6.07) is 0.219. The molecule has 0 spiro atoms. The average molecular weight is 335 g/mol. The minimum Gasteiger partial charge on any atom is -0.364 e. The third-order valence-electron chi connectivity index (χ3n) is 8.09. The van der Waals surface area contributed by atoms with Gasteiger partial charge in [-0.2, -0.15) is 0 Å². The molecular weight excluding hydrogens is 300 g/mol. The van der Waals surface area contributed by atoms with Gasteiger partial charge in [-0.3, -0.25) is 4.79 Å². The number of piperidine rings is 1. The summed E-state index contributed by atoms with van der Waals surface area (Å²) in [5, 5.41) is 7.11. The molecule has 4 fully saturated rings. The fourth-order valence-electron chi connectivity index (χ4n) is 6.98. The van der Waals surface area contributed by atoms with Crippen molar-refractivity contribution in [1.29, 1.82) is 0 Å². The van der Waals surface area contributed by atoms with Crippen LogP contribution < -0.4 is 10.6 Å². The van der Waals surface area contributed by atoms with Crippen molar-refractivity contribution in [1.82, 2.24) is 10.6 Å². The molecule has 2 aliphatic heterocycles. The molecule has 2 N–H and O–H groups in total. The summed E-state index contributed by atoms with van der Waals surface area (Å²) in [5.41, 5.74) is -0.296. The molecule has 0 radical (unpaired) electrons. The van der Waals surface area contributed by atoms with Gasteiger partial charge in [0.2, 0.25) is 0 Å². The van der Waals surface area contributed by atoms with E-state index in [0.717, 1.165) is 32.3 Å². The highest BCUT2D eigenvalue weighted by molar-refractivity contribution is 5.88. The maximum atomic E-state index is 13.4. The van der Waals surface area contributed by atoms with E-state index in [2.05, 4.69) is 52.2 Å². The SMILES string of the molecule is CC1(C)CC(NC(=O)[C@@]23C[C@H]4CC[C@@]2(C)[C@@]4(C)CO3)CC(C)(C)N1. The van der Waals surface area contributed by atoms with Gasteiger partial charge in [-0.25, -0.2) is 0 Å². The zero-order valence-electron chi connectivity index (χ0n) is 16.2. The Morgan fingerprint density at radius 3 is 2.21 bits per heavy atom. The lowest BCUT2D eigenvalue weighted by atomic mass is 9.66. The maximum absolute atomic E-state index is 13.4. The molecule has 4 bridgehead atoms. The van der Waals surface area contributed by atoms with Crippen LogP contribution in [-0.4, -0.2) is 35.2 Å². The van der Waals surface area contributed by atoms with E-state index in [4.69, 9.17) is 4.74 Å². The Kier molecular flexibility index (Phi) is 3.20. The quantitative estimate of drug-likeness (QED) is 0.816. The van der Waals surface area contributed by atoms with Crippen LogP contribution in [0.25, 0.3) is 0 Å². The zero-order valence-corrected chi connectivity index (χ0v) is 16.2. The van der Waals surface area contributed by atoms with Crippen molar-refractivity contribution >= 4 is 5.91 Å².